The summed E-state index contributed by atoms with van der Waals surface area (Å²) in [5, 5.41) is 13.7. The largest absolute Gasteiger partial charge is 0.352 e. The number of fused-ring (bicyclic) bond motifs is 1. The van der Waals surface area contributed by atoms with Crippen molar-refractivity contribution in [2.24, 2.45) is 0 Å². The van der Waals surface area contributed by atoms with E-state index in [9.17, 15) is 9.59 Å². The van der Waals surface area contributed by atoms with Crippen molar-refractivity contribution in [3.8, 4) is 0 Å². The third kappa shape index (κ3) is 5.32. The highest BCUT2D eigenvalue weighted by atomic mass is 32.2. The van der Waals surface area contributed by atoms with Crippen molar-refractivity contribution in [1.82, 2.24) is 25.7 Å². The first-order valence-corrected chi connectivity index (χ1v) is 11.2. The Balaban J connectivity index is 1.11. The minimum atomic E-state index is -0.0425. The molecule has 154 valence electrons. The number of carbonyl (C=O) groups excluding carboxylic acids is 2. The molecule has 2 saturated heterocycles. The van der Waals surface area contributed by atoms with Crippen molar-refractivity contribution in [2.45, 2.75) is 56.1 Å². The number of hydrogen-bond acceptors (Lipinski definition) is 4. The molecule has 7 nitrogen and oxygen atoms in total. The molecule has 0 aliphatic carbocycles. The van der Waals surface area contributed by atoms with Gasteiger partial charge in [0.2, 0.25) is 5.91 Å². The van der Waals surface area contributed by atoms with Crippen LogP contribution in [0.1, 0.15) is 36.8 Å². The van der Waals surface area contributed by atoms with Crippen LogP contribution in [0, 0.1) is 0 Å². The van der Waals surface area contributed by atoms with Crippen LogP contribution in [0.2, 0.25) is 0 Å². The Labute approximate surface area is 175 Å². The normalized spacial score (nSPS) is 22.8. The summed E-state index contributed by atoms with van der Waals surface area (Å²) in [7, 11) is 0. The molecule has 0 saturated carbocycles. The number of unbranched alkanes of at least 4 members (excludes halogenated alkanes) is 1. The number of nitrogens with zero attached hydrogens (tertiary/aromatic N) is 2. The lowest BCUT2D eigenvalue weighted by Gasteiger charge is -2.16. The van der Waals surface area contributed by atoms with E-state index < -0.39 is 0 Å². The van der Waals surface area contributed by atoms with Crippen LogP contribution in [0.3, 0.4) is 0 Å². The molecule has 1 aromatic heterocycles. The predicted molar refractivity (Wildman–Crippen MR) is 114 cm³/mol. The Morgan fingerprint density at radius 2 is 2.03 bits per heavy atom. The average molecular weight is 414 g/mol. The van der Waals surface area contributed by atoms with E-state index in [-0.39, 0.29) is 24.0 Å². The second-order valence-electron chi connectivity index (χ2n) is 7.66. The standard InChI is InChI=1S/C21H27N5O2S/c27-19(5-2-1-4-18-20-17(14-29-18)24-21(28)25-20)22-12-15-6-8-16(9-7-15)13-26-11-3-10-23-26/h3,6-11,17-18,20H,1-2,4-5,12-14H2,(H,22,27)(H2,24,25,28)/t17-,18-,20-/m0/s1. The predicted octanol–water partition coefficient (Wildman–Crippen LogP) is 2.27. The molecule has 3 heterocycles. The maximum atomic E-state index is 12.1. The quantitative estimate of drug-likeness (QED) is 0.435. The van der Waals surface area contributed by atoms with Gasteiger partial charge in [-0.2, -0.15) is 16.9 Å². The molecule has 29 heavy (non-hydrogen) atoms. The zero-order valence-corrected chi connectivity index (χ0v) is 17.2. The van der Waals surface area contributed by atoms with E-state index in [0.717, 1.165) is 37.1 Å². The number of aromatic nitrogens is 2. The number of benzene rings is 1. The summed E-state index contributed by atoms with van der Waals surface area (Å²) < 4.78 is 1.89. The van der Waals surface area contributed by atoms with Gasteiger partial charge in [0.1, 0.15) is 0 Å². The third-order valence-corrected chi connectivity index (χ3v) is 7.01. The molecule has 8 heteroatoms. The van der Waals surface area contributed by atoms with E-state index >= 15 is 0 Å². The summed E-state index contributed by atoms with van der Waals surface area (Å²) in [6.45, 7) is 1.31. The molecule has 2 fully saturated rings. The molecule has 0 unspecified atom stereocenters. The molecular formula is C21H27N5O2S. The van der Waals surface area contributed by atoms with E-state index in [1.807, 2.05) is 28.7 Å². The number of amides is 3. The van der Waals surface area contributed by atoms with Crippen LogP contribution < -0.4 is 16.0 Å². The Hall–Kier alpha value is -2.48. The second kappa shape index (κ2) is 9.35. The highest BCUT2D eigenvalue weighted by Crippen LogP contribution is 2.33. The summed E-state index contributed by atoms with van der Waals surface area (Å²) in [4.78, 5) is 23.5. The molecule has 0 radical (unpaired) electrons. The minimum absolute atomic E-state index is 0.0425. The van der Waals surface area contributed by atoms with E-state index in [0.29, 0.717) is 18.2 Å². The van der Waals surface area contributed by atoms with Gasteiger partial charge in [-0.15, -0.1) is 0 Å². The van der Waals surface area contributed by atoms with E-state index in [2.05, 4.69) is 45.3 Å². The van der Waals surface area contributed by atoms with Gasteiger partial charge in [0.05, 0.1) is 18.6 Å². The summed E-state index contributed by atoms with van der Waals surface area (Å²) in [5.74, 6) is 1.08. The van der Waals surface area contributed by atoms with Crippen molar-refractivity contribution < 1.29 is 9.59 Å². The molecule has 3 N–H and O–H groups in total. The van der Waals surface area contributed by atoms with Gasteiger partial charge in [-0.05, 0) is 30.0 Å². The number of urea groups is 1. The molecule has 4 rings (SSSR count). The smallest absolute Gasteiger partial charge is 0.315 e. The van der Waals surface area contributed by atoms with Gasteiger partial charge in [-0.25, -0.2) is 4.79 Å². The topological polar surface area (TPSA) is 88.0 Å². The van der Waals surface area contributed by atoms with Gasteiger partial charge in [-0.3, -0.25) is 9.48 Å². The highest BCUT2D eigenvalue weighted by molar-refractivity contribution is 8.00. The Morgan fingerprint density at radius 3 is 2.83 bits per heavy atom. The number of rotatable bonds is 9. The van der Waals surface area contributed by atoms with Crippen LogP contribution >= 0.6 is 11.8 Å². The lowest BCUT2D eigenvalue weighted by atomic mass is 10.0. The van der Waals surface area contributed by atoms with Crippen LogP contribution in [0.5, 0.6) is 0 Å². The molecule has 2 aliphatic rings. The third-order valence-electron chi connectivity index (χ3n) is 5.50. The number of hydrogen-bond donors (Lipinski definition) is 3. The van der Waals surface area contributed by atoms with Crippen LogP contribution in [0.15, 0.2) is 42.7 Å². The molecule has 2 aliphatic heterocycles. The van der Waals surface area contributed by atoms with E-state index in [1.165, 1.54) is 5.56 Å². The average Bonchev–Trinajstić information content (AvgIpc) is 3.43. The van der Waals surface area contributed by atoms with E-state index in [1.54, 1.807) is 6.20 Å². The maximum Gasteiger partial charge on any atom is 0.315 e. The Bertz CT molecular complexity index is 824. The van der Waals surface area contributed by atoms with Crippen molar-refractivity contribution in [3.05, 3.63) is 53.9 Å². The van der Waals surface area contributed by atoms with Crippen LogP contribution in [0.25, 0.3) is 0 Å². The van der Waals surface area contributed by atoms with Gasteiger partial charge in [0, 0.05) is 36.4 Å². The summed E-state index contributed by atoms with van der Waals surface area (Å²) >= 11 is 1.92. The highest BCUT2D eigenvalue weighted by Gasteiger charge is 2.42. The second-order valence-corrected chi connectivity index (χ2v) is 8.94. The fourth-order valence-corrected chi connectivity index (χ4v) is 5.45. The minimum Gasteiger partial charge on any atom is -0.352 e. The molecule has 0 bridgehead atoms. The van der Waals surface area contributed by atoms with Gasteiger partial charge >= 0.3 is 6.03 Å². The number of nitrogens with one attached hydrogen (secondary N) is 3. The van der Waals surface area contributed by atoms with E-state index in [4.69, 9.17) is 0 Å². The summed E-state index contributed by atoms with van der Waals surface area (Å²) in [6.07, 6.45) is 7.19. The number of thioether (sulfide) groups is 1. The summed E-state index contributed by atoms with van der Waals surface area (Å²) in [6, 6.07) is 10.6. The fraction of sp³-hybridized carbons (Fsp3) is 0.476. The molecule has 1 aromatic carbocycles. The lowest BCUT2D eigenvalue weighted by Crippen LogP contribution is -2.36. The molecule has 3 amide bonds. The Morgan fingerprint density at radius 1 is 1.21 bits per heavy atom. The maximum absolute atomic E-state index is 12.1. The van der Waals surface area contributed by atoms with Gasteiger partial charge in [0.15, 0.2) is 0 Å². The SMILES string of the molecule is O=C(CCCC[C@@H]1SC[C@@H]2NC(=O)N[C@@H]21)NCc1ccc(Cn2cccn2)cc1. The Kier molecular flexibility index (Phi) is 6.39. The lowest BCUT2D eigenvalue weighted by molar-refractivity contribution is -0.121. The van der Waals surface area contributed by atoms with Gasteiger partial charge in [-0.1, -0.05) is 30.7 Å². The van der Waals surface area contributed by atoms with Crippen LogP contribution in [-0.4, -0.2) is 44.8 Å². The number of carbonyl (C=O) groups is 2. The van der Waals surface area contributed by atoms with Gasteiger partial charge < -0.3 is 16.0 Å². The van der Waals surface area contributed by atoms with Crippen molar-refractivity contribution in [2.75, 3.05) is 5.75 Å². The molecule has 0 spiro atoms. The van der Waals surface area contributed by atoms with Crippen molar-refractivity contribution >= 4 is 23.7 Å². The first kappa shape index (κ1) is 19.8. The first-order valence-electron chi connectivity index (χ1n) is 10.2. The fourth-order valence-electron chi connectivity index (χ4n) is 3.91. The molecular weight excluding hydrogens is 386 g/mol. The van der Waals surface area contributed by atoms with Crippen LogP contribution in [-0.2, 0) is 17.9 Å². The molecule has 2 aromatic rings. The summed E-state index contributed by atoms with van der Waals surface area (Å²) in [5.41, 5.74) is 2.28. The monoisotopic (exact) mass is 413 g/mol. The molecule has 3 atom stereocenters. The first-order chi connectivity index (χ1) is 14.2. The zero-order valence-electron chi connectivity index (χ0n) is 16.3. The van der Waals surface area contributed by atoms with Crippen LogP contribution in [0.4, 0.5) is 4.79 Å². The van der Waals surface area contributed by atoms with Gasteiger partial charge in [0.25, 0.3) is 0 Å². The van der Waals surface area contributed by atoms with Crippen molar-refractivity contribution in [3.63, 3.8) is 0 Å². The zero-order chi connectivity index (χ0) is 20.1. The van der Waals surface area contributed by atoms with Crippen molar-refractivity contribution in [1.29, 1.82) is 0 Å².